The number of carbonyl (C=O) groups excluding carboxylic acids is 1. The van der Waals surface area contributed by atoms with Crippen molar-refractivity contribution in [1.82, 2.24) is 0 Å². The van der Waals surface area contributed by atoms with Gasteiger partial charge in [-0.05, 0) is 5.92 Å². The third-order valence-electron chi connectivity index (χ3n) is 1.46. The highest BCUT2D eigenvalue weighted by molar-refractivity contribution is 6.36. The van der Waals surface area contributed by atoms with Crippen LogP contribution in [-0.2, 0) is 4.79 Å². The van der Waals surface area contributed by atoms with Crippen LogP contribution in [-0.4, -0.2) is 16.3 Å². The molecule has 0 aromatic heterocycles. The minimum absolute atomic E-state index is 0.138. The van der Waals surface area contributed by atoms with Crippen molar-refractivity contribution in [2.24, 2.45) is 5.92 Å². The van der Waals surface area contributed by atoms with Gasteiger partial charge in [0.25, 0.3) is 0 Å². The molecule has 60 valence electrons. The van der Waals surface area contributed by atoms with Crippen molar-refractivity contribution in [3.8, 4) is 0 Å². The first kappa shape index (κ1) is 9.79. The lowest BCUT2D eigenvalue weighted by molar-refractivity contribution is -0.117. The van der Waals surface area contributed by atoms with E-state index in [-0.39, 0.29) is 17.4 Å². The molecule has 0 saturated heterocycles. The van der Waals surface area contributed by atoms with E-state index in [1.54, 1.807) is 6.08 Å². The Morgan fingerprint density at radius 2 is 2.36 bits per heavy atom. The molecule has 1 atom stereocenters. The number of allylic oxidation sites excluding steroid dienone is 1. The van der Waals surface area contributed by atoms with Crippen molar-refractivity contribution >= 4 is 11.5 Å². The predicted octanol–water partition coefficient (Wildman–Crippen LogP) is 1.46. The molecule has 0 saturated carbocycles. The molecule has 0 aliphatic heterocycles. The van der Waals surface area contributed by atoms with Gasteiger partial charge in [0.2, 0.25) is 5.78 Å². The Bertz CT molecular complexity index is 214. The van der Waals surface area contributed by atoms with Crippen molar-refractivity contribution in [1.29, 1.82) is 0 Å². The largest absolute Gasteiger partial charge is 0.361 e. The molecular weight excluding hydrogens is 140 g/mol. The molecule has 0 heterocycles. The average Bonchev–Trinajstić information content (AvgIpc) is 2.02. The standard InChI is InChI=1S/C8H12N2O/c1-4-6(2)5-8(11)7(3)10-9/h4,6H,1,5H2,2-3H3. The van der Waals surface area contributed by atoms with Crippen LogP contribution in [0.4, 0.5) is 0 Å². The molecule has 3 nitrogen and oxygen atoms in total. The van der Waals surface area contributed by atoms with Gasteiger partial charge in [-0.3, -0.25) is 4.79 Å². The maximum atomic E-state index is 11.0. The third-order valence-corrected chi connectivity index (χ3v) is 1.46. The van der Waals surface area contributed by atoms with Gasteiger partial charge in [0.1, 0.15) is 0 Å². The average molecular weight is 152 g/mol. The molecule has 0 radical (unpaired) electrons. The van der Waals surface area contributed by atoms with Gasteiger partial charge >= 0.3 is 5.71 Å². The van der Waals surface area contributed by atoms with E-state index >= 15 is 0 Å². The second-order valence-corrected chi connectivity index (χ2v) is 2.53. The highest BCUT2D eigenvalue weighted by Gasteiger charge is 2.14. The van der Waals surface area contributed by atoms with Crippen LogP contribution in [0, 0.1) is 5.92 Å². The summed E-state index contributed by atoms with van der Waals surface area (Å²) < 4.78 is 0. The topological polar surface area (TPSA) is 53.5 Å². The molecule has 0 amide bonds. The van der Waals surface area contributed by atoms with E-state index in [4.69, 9.17) is 5.53 Å². The maximum absolute atomic E-state index is 11.0. The van der Waals surface area contributed by atoms with Gasteiger partial charge in [0.15, 0.2) is 0 Å². The number of hydrogen-bond acceptors (Lipinski definition) is 1. The first-order valence-electron chi connectivity index (χ1n) is 3.46. The lowest BCUT2D eigenvalue weighted by atomic mass is 10.0. The zero-order valence-corrected chi connectivity index (χ0v) is 6.87. The Labute approximate surface area is 66.3 Å². The number of Topliss-reactive ketones (excluding diaryl/α,β-unsaturated/α-hetero) is 1. The van der Waals surface area contributed by atoms with Gasteiger partial charge in [-0.15, -0.1) is 6.58 Å². The molecule has 0 bridgehead atoms. The molecule has 0 fully saturated rings. The second-order valence-electron chi connectivity index (χ2n) is 2.53. The summed E-state index contributed by atoms with van der Waals surface area (Å²) >= 11 is 0. The van der Waals surface area contributed by atoms with Crippen molar-refractivity contribution in [3.05, 3.63) is 18.2 Å². The smallest absolute Gasteiger partial charge is 0.331 e. The van der Waals surface area contributed by atoms with Crippen molar-refractivity contribution < 1.29 is 9.58 Å². The fourth-order valence-electron chi connectivity index (χ4n) is 0.579. The first-order valence-corrected chi connectivity index (χ1v) is 3.46. The lowest BCUT2D eigenvalue weighted by Gasteiger charge is -1.98. The molecule has 0 aromatic carbocycles. The van der Waals surface area contributed by atoms with Crippen LogP contribution in [0.5, 0.6) is 0 Å². The summed E-state index contributed by atoms with van der Waals surface area (Å²) in [5.74, 6) is -0.000833. The molecule has 1 unspecified atom stereocenters. The minimum atomic E-state index is -0.139. The van der Waals surface area contributed by atoms with Crippen LogP contribution < -0.4 is 0 Å². The number of ketones is 1. The molecule has 0 aliphatic carbocycles. The number of carbonyl (C=O) groups is 1. The van der Waals surface area contributed by atoms with E-state index in [1.165, 1.54) is 6.92 Å². The fourth-order valence-corrected chi connectivity index (χ4v) is 0.579. The highest BCUT2D eigenvalue weighted by atomic mass is 16.1. The molecule has 0 aromatic rings. The predicted molar refractivity (Wildman–Crippen MR) is 43.3 cm³/mol. The fraction of sp³-hybridized carbons (Fsp3) is 0.500. The van der Waals surface area contributed by atoms with Crippen molar-refractivity contribution in [2.75, 3.05) is 0 Å². The molecular formula is C8H12N2O. The van der Waals surface area contributed by atoms with E-state index in [2.05, 4.69) is 11.4 Å². The Kier molecular flexibility index (Phi) is 4.08. The van der Waals surface area contributed by atoms with Gasteiger partial charge in [0.05, 0.1) is 0 Å². The van der Waals surface area contributed by atoms with E-state index in [1.807, 2.05) is 6.92 Å². The molecule has 0 spiro atoms. The quantitative estimate of drug-likeness (QED) is 0.260. The van der Waals surface area contributed by atoms with Gasteiger partial charge < -0.3 is 5.53 Å². The van der Waals surface area contributed by atoms with Crippen LogP contribution in [0.3, 0.4) is 0 Å². The van der Waals surface area contributed by atoms with Crippen LogP contribution in [0.2, 0.25) is 0 Å². The van der Waals surface area contributed by atoms with Crippen molar-refractivity contribution in [2.45, 2.75) is 20.3 Å². The lowest BCUT2D eigenvalue weighted by Crippen LogP contribution is -2.13. The molecule has 3 heteroatoms. The second kappa shape index (κ2) is 4.58. The molecule has 11 heavy (non-hydrogen) atoms. The summed E-state index contributed by atoms with van der Waals surface area (Å²) in [6.45, 7) is 6.91. The maximum Gasteiger partial charge on any atom is 0.331 e. The van der Waals surface area contributed by atoms with Gasteiger partial charge in [-0.25, -0.2) is 0 Å². The summed E-state index contributed by atoms with van der Waals surface area (Å²) in [7, 11) is 0. The zero-order chi connectivity index (χ0) is 8.85. The monoisotopic (exact) mass is 152 g/mol. The third kappa shape index (κ3) is 3.48. The Morgan fingerprint density at radius 1 is 1.82 bits per heavy atom. The summed E-state index contributed by atoms with van der Waals surface area (Å²) in [6.07, 6.45) is 2.06. The number of nitrogens with zero attached hydrogens (tertiary/aromatic N) is 2. The van der Waals surface area contributed by atoms with E-state index < -0.39 is 0 Å². The zero-order valence-electron chi connectivity index (χ0n) is 6.87. The Morgan fingerprint density at radius 3 is 2.73 bits per heavy atom. The number of hydrogen-bond donors (Lipinski definition) is 0. The Balaban J connectivity index is 4.08. The van der Waals surface area contributed by atoms with Crippen LogP contribution in [0.25, 0.3) is 5.53 Å². The molecule has 0 N–H and O–H groups in total. The van der Waals surface area contributed by atoms with Gasteiger partial charge in [-0.2, -0.15) is 4.79 Å². The van der Waals surface area contributed by atoms with Gasteiger partial charge in [-0.1, -0.05) is 13.0 Å². The molecule has 0 rings (SSSR count). The van der Waals surface area contributed by atoms with E-state index in [0.717, 1.165) is 0 Å². The SMILES string of the molecule is C=CC(C)CC(=O)C(C)=[N+]=[N-]. The highest BCUT2D eigenvalue weighted by Crippen LogP contribution is 2.02. The van der Waals surface area contributed by atoms with Crippen molar-refractivity contribution in [3.63, 3.8) is 0 Å². The Hall–Kier alpha value is -1.21. The normalized spacial score (nSPS) is 11.5. The number of rotatable bonds is 4. The summed E-state index contributed by atoms with van der Waals surface area (Å²) in [5.41, 5.74) is 8.38. The van der Waals surface area contributed by atoms with Gasteiger partial charge in [0, 0.05) is 13.3 Å². The molecule has 0 aliphatic rings. The summed E-state index contributed by atoms with van der Waals surface area (Å²) in [5, 5.41) is 0. The van der Waals surface area contributed by atoms with Crippen LogP contribution in [0.1, 0.15) is 20.3 Å². The summed E-state index contributed by atoms with van der Waals surface area (Å²) in [4.78, 5) is 13.8. The summed E-state index contributed by atoms with van der Waals surface area (Å²) in [6, 6.07) is 0. The van der Waals surface area contributed by atoms with E-state index in [9.17, 15) is 4.79 Å². The van der Waals surface area contributed by atoms with E-state index in [0.29, 0.717) is 6.42 Å². The van der Waals surface area contributed by atoms with Crippen LogP contribution in [0.15, 0.2) is 12.7 Å². The van der Waals surface area contributed by atoms with Crippen LogP contribution >= 0.6 is 0 Å². The minimum Gasteiger partial charge on any atom is -0.361 e. The first-order chi connectivity index (χ1) is 5.11.